The van der Waals surface area contributed by atoms with Gasteiger partial charge in [-0.1, -0.05) is 57.3 Å². The van der Waals surface area contributed by atoms with Crippen LogP contribution in [0.5, 0.6) is 5.75 Å². The molecule has 0 spiro atoms. The molecule has 1 atom stereocenters. The van der Waals surface area contributed by atoms with Crippen LogP contribution in [-0.2, 0) is 4.84 Å². The number of halogens is 3. The zero-order chi connectivity index (χ0) is 16.7. The van der Waals surface area contributed by atoms with E-state index in [9.17, 15) is 4.79 Å². The van der Waals surface area contributed by atoms with E-state index in [0.717, 1.165) is 0 Å². The Morgan fingerprint density at radius 1 is 1.17 bits per heavy atom. The normalized spacial score (nSPS) is 11.8. The third-order valence-corrected chi connectivity index (χ3v) is 3.99. The molecular weight excluding hydrogens is 405 g/mol. The van der Waals surface area contributed by atoms with Crippen LogP contribution in [0.1, 0.15) is 16.8 Å². The first-order chi connectivity index (χ1) is 11.1. The number of carbonyl (C=O) groups excluding carboxylic acids is 1. The van der Waals surface area contributed by atoms with Crippen LogP contribution in [0, 0.1) is 0 Å². The first-order valence-corrected chi connectivity index (χ1v) is 8.46. The van der Waals surface area contributed by atoms with Crippen molar-refractivity contribution >= 4 is 45.0 Å². The van der Waals surface area contributed by atoms with Crippen molar-refractivity contribution in [1.29, 1.82) is 0 Å². The van der Waals surface area contributed by atoms with Gasteiger partial charge in [-0.15, -0.1) is 0 Å². The van der Waals surface area contributed by atoms with E-state index in [-0.39, 0.29) is 10.9 Å². The van der Waals surface area contributed by atoms with Gasteiger partial charge in [0, 0.05) is 17.0 Å². The van der Waals surface area contributed by atoms with Crippen LogP contribution in [0.2, 0.25) is 10.0 Å². The minimum atomic E-state index is -0.388. The first-order valence-electron chi connectivity index (χ1n) is 6.79. The van der Waals surface area contributed by atoms with E-state index in [1.54, 1.807) is 42.5 Å². The highest BCUT2D eigenvalue weighted by Crippen LogP contribution is 2.27. The van der Waals surface area contributed by atoms with Crippen LogP contribution in [0.3, 0.4) is 0 Å². The number of amides is 1. The maximum absolute atomic E-state index is 11.8. The Balaban J connectivity index is 1.71. The van der Waals surface area contributed by atoms with Gasteiger partial charge in [0.2, 0.25) is 0 Å². The van der Waals surface area contributed by atoms with E-state index in [2.05, 4.69) is 21.4 Å². The Bertz CT molecular complexity index is 655. The van der Waals surface area contributed by atoms with Gasteiger partial charge in [-0.05, 0) is 30.3 Å². The molecule has 0 aliphatic rings. The summed E-state index contributed by atoms with van der Waals surface area (Å²) in [5.41, 5.74) is 2.91. The lowest BCUT2D eigenvalue weighted by molar-refractivity contribution is 0.0162. The number of hydrogen-bond donors (Lipinski definition) is 1. The van der Waals surface area contributed by atoms with Crippen LogP contribution in [0.15, 0.2) is 48.5 Å². The predicted molar refractivity (Wildman–Crippen MR) is 94.3 cm³/mol. The number of nitrogens with one attached hydrogen (secondary N) is 1. The highest BCUT2D eigenvalue weighted by molar-refractivity contribution is 9.09. The number of ether oxygens (including phenoxy) is 1. The van der Waals surface area contributed by atoms with Gasteiger partial charge in [-0.25, -0.2) is 5.48 Å². The molecule has 2 aromatic carbocycles. The van der Waals surface area contributed by atoms with Gasteiger partial charge < -0.3 is 4.74 Å². The van der Waals surface area contributed by atoms with Crippen LogP contribution in [0.4, 0.5) is 0 Å². The second kappa shape index (κ2) is 9.13. The maximum atomic E-state index is 11.8. The predicted octanol–water partition coefficient (Wildman–Crippen LogP) is 4.84. The molecule has 0 bridgehead atoms. The Labute approximate surface area is 152 Å². The molecule has 0 heterocycles. The number of carbonyl (C=O) groups is 1. The molecule has 0 aliphatic heterocycles. The average molecular weight is 419 g/mol. The van der Waals surface area contributed by atoms with Crippen molar-refractivity contribution in [2.45, 2.75) is 11.4 Å². The minimum Gasteiger partial charge on any atom is -0.492 e. The monoisotopic (exact) mass is 417 g/mol. The average Bonchev–Trinajstić information content (AvgIpc) is 2.55. The quantitative estimate of drug-likeness (QED) is 0.516. The van der Waals surface area contributed by atoms with Gasteiger partial charge in [0.25, 0.3) is 5.91 Å². The van der Waals surface area contributed by atoms with Gasteiger partial charge in [0.05, 0.1) is 11.6 Å². The highest BCUT2D eigenvalue weighted by atomic mass is 79.9. The molecule has 0 aliphatic carbocycles. The molecule has 1 amide bonds. The van der Waals surface area contributed by atoms with Gasteiger partial charge in [0.1, 0.15) is 10.8 Å². The van der Waals surface area contributed by atoms with E-state index < -0.39 is 0 Å². The van der Waals surface area contributed by atoms with Gasteiger partial charge in [-0.3, -0.25) is 9.63 Å². The Morgan fingerprint density at radius 2 is 1.91 bits per heavy atom. The summed E-state index contributed by atoms with van der Waals surface area (Å²) < 4.78 is 5.54. The summed E-state index contributed by atoms with van der Waals surface area (Å²) in [6.07, 6.45) is 0.508. The zero-order valence-electron chi connectivity index (χ0n) is 12.0. The summed E-state index contributed by atoms with van der Waals surface area (Å²) in [4.78, 5) is 17.0. The molecule has 2 rings (SSSR count). The minimum absolute atomic E-state index is 0.309. The molecule has 4 nitrogen and oxygen atoms in total. The fourth-order valence-corrected chi connectivity index (χ4v) is 2.42. The lowest BCUT2D eigenvalue weighted by Gasteiger charge is -2.13. The van der Waals surface area contributed by atoms with E-state index in [1.807, 2.05) is 6.07 Å². The molecule has 2 aromatic rings. The van der Waals surface area contributed by atoms with Crippen molar-refractivity contribution in [1.82, 2.24) is 5.48 Å². The first kappa shape index (κ1) is 18.1. The van der Waals surface area contributed by atoms with Gasteiger partial charge in [0.15, 0.2) is 0 Å². The van der Waals surface area contributed by atoms with E-state index in [1.165, 1.54) is 0 Å². The summed E-state index contributed by atoms with van der Waals surface area (Å²) in [6.45, 7) is 0.360. The van der Waals surface area contributed by atoms with E-state index >= 15 is 0 Å². The summed E-state index contributed by atoms with van der Waals surface area (Å²) in [5, 5.41) is 0.607. The summed E-state index contributed by atoms with van der Waals surface area (Å²) in [5.74, 6) is 0.237. The third-order valence-electron chi connectivity index (χ3n) is 2.81. The molecule has 0 saturated heterocycles. The smallest absolute Gasteiger partial charge is 0.274 e. The van der Waals surface area contributed by atoms with Crippen molar-refractivity contribution in [3.8, 4) is 5.75 Å². The van der Waals surface area contributed by atoms with Crippen molar-refractivity contribution in [2.24, 2.45) is 0 Å². The fourth-order valence-electron chi connectivity index (χ4n) is 1.68. The number of alkyl halides is 1. The molecule has 0 fully saturated rings. The molecular formula is C16H14BrCl2NO3. The maximum Gasteiger partial charge on any atom is 0.274 e. The lowest BCUT2D eigenvalue weighted by atomic mass is 10.2. The molecule has 1 unspecified atom stereocenters. The zero-order valence-corrected chi connectivity index (χ0v) is 15.1. The Kier molecular flexibility index (Phi) is 7.17. The van der Waals surface area contributed by atoms with Gasteiger partial charge >= 0.3 is 0 Å². The standard InChI is InChI=1S/C16H14BrCl2NO3/c17-15(23-20-16(21)11-4-2-1-3-5-11)8-9-22-14-7-6-12(18)10-13(14)19/h1-7,10,15H,8-9H2,(H,20,21). The summed E-state index contributed by atoms with van der Waals surface area (Å²) in [6, 6.07) is 13.8. The van der Waals surface area contributed by atoms with Crippen LogP contribution in [0.25, 0.3) is 0 Å². The Hall–Kier alpha value is -1.27. The Morgan fingerprint density at radius 3 is 2.61 bits per heavy atom. The van der Waals surface area contributed by atoms with Crippen LogP contribution >= 0.6 is 39.1 Å². The number of benzene rings is 2. The molecule has 0 radical (unpaired) electrons. The van der Waals surface area contributed by atoms with E-state index in [0.29, 0.717) is 34.4 Å². The highest BCUT2D eigenvalue weighted by Gasteiger charge is 2.10. The molecule has 0 aromatic heterocycles. The number of hydroxylamine groups is 1. The van der Waals surface area contributed by atoms with Crippen LogP contribution < -0.4 is 10.2 Å². The van der Waals surface area contributed by atoms with Crippen molar-refractivity contribution in [3.05, 3.63) is 64.1 Å². The molecule has 7 heteroatoms. The third kappa shape index (κ3) is 6.03. The summed E-state index contributed by atoms with van der Waals surface area (Å²) >= 11 is 15.1. The number of rotatable bonds is 7. The lowest BCUT2D eigenvalue weighted by Crippen LogP contribution is -2.27. The topological polar surface area (TPSA) is 47.6 Å². The second-order valence-electron chi connectivity index (χ2n) is 4.54. The summed E-state index contributed by atoms with van der Waals surface area (Å²) in [7, 11) is 0. The largest absolute Gasteiger partial charge is 0.492 e. The molecule has 23 heavy (non-hydrogen) atoms. The SMILES string of the molecule is O=C(NOC(Br)CCOc1ccc(Cl)cc1Cl)c1ccccc1. The van der Waals surface area contributed by atoms with Crippen molar-refractivity contribution in [2.75, 3.05) is 6.61 Å². The van der Waals surface area contributed by atoms with E-state index in [4.69, 9.17) is 32.8 Å². The second-order valence-corrected chi connectivity index (χ2v) is 6.40. The van der Waals surface area contributed by atoms with Crippen molar-refractivity contribution < 1.29 is 14.4 Å². The van der Waals surface area contributed by atoms with Gasteiger partial charge in [-0.2, -0.15) is 0 Å². The fraction of sp³-hybridized carbons (Fsp3) is 0.188. The molecule has 0 saturated carbocycles. The molecule has 122 valence electrons. The molecule has 1 N–H and O–H groups in total. The van der Waals surface area contributed by atoms with Crippen LogP contribution in [-0.4, -0.2) is 17.5 Å². The van der Waals surface area contributed by atoms with Crippen molar-refractivity contribution in [3.63, 3.8) is 0 Å². The number of hydrogen-bond acceptors (Lipinski definition) is 3.